The molecule has 0 saturated carbocycles. The molecule has 0 aliphatic carbocycles. The van der Waals surface area contributed by atoms with Crippen molar-refractivity contribution in [2.45, 2.75) is 20.3 Å². The second-order valence-electron chi connectivity index (χ2n) is 6.80. The van der Waals surface area contributed by atoms with Crippen LogP contribution in [0.2, 0.25) is 5.02 Å². The third-order valence-electron chi connectivity index (χ3n) is 4.43. The van der Waals surface area contributed by atoms with Gasteiger partial charge in [0.05, 0.1) is 25.3 Å². The molecule has 0 bridgehead atoms. The first-order valence-electron chi connectivity index (χ1n) is 10.4. The molecular weight excluding hydrogens is 430 g/mol. The lowest BCUT2D eigenvalue weighted by Crippen LogP contribution is -2.12. The van der Waals surface area contributed by atoms with E-state index in [2.05, 4.69) is 5.32 Å². The first kappa shape index (κ1) is 23.3. The number of methoxy groups -OCH3 is 1. The summed E-state index contributed by atoms with van der Waals surface area (Å²) in [4.78, 5) is 12.8. The van der Waals surface area contributed by atoms with Gasteiger partial charge in [-0.2, -0.15) is 0 Å². The summed E-state index contributed by atoms with van der Waals surface area (Å²) in [5.74, 6) is 2.44. The summed E-state index contributed by atoms with van der Waals surface area (Å²) in [5, 5.41) is 3.19. The summed E-state index contributed by atoms with van der Waals surface area (Å²) < 4.78 is 22.5. The topological polar surface area (TPSA) is 66.0 Å². The van der Waals surface area contributed by atoms with E-state index in [4.69, 9.17) is 30.5 Å². The van der Waals surface area contributed by atoms with Crippen molar-refractivity contribution in [1.82, 2.24) is 0 Å². The largest absolute Gasteiger partial charge is 0.493 e. The predicted molar refractivity (Wildman–Crippen MR) is 126 cm³/mol. The average Bonchev–Trinajstić information content (AvgIpc) is 2.80. The summed E-state index contributed by atoms with van der Waals surface area (Å²) in [6.45, 7) is 4.80. The first-order valence-corrected chi connectivity index (χ1v) is 10.7. The minimum absolute atomic E-state index is 0.312. The Labute approximate surface area is 193 Å². The van der Waals surface area contributed by atoms with Gasteiger partial charge in [-0.25, -0.2) is 0 Å². The SMILES string of the molecule is CCCOc1c(Cl)cc(C(=O)Nc2ccc(Oc3ccccc3OC)cc2)cc1OCC. The van der Waals surface area contributed by atoms with E-state index in [1.54, 1.807) is 43.5 Å². The summed E-state index contributed by atoms with van der Waals surface area (Å²) in [6, 6.07) is 17.6. The molecule has 7 heteroatoms. The van der Waals surface area contributed by atoms with Gasteiger partial charge in [-0.05, 0) is 61.9 Å². The maximum atomic E-state index is 12.8. The maximum Gasteiger partial charge on any atom is 0.255 e. The molecule has 0 radical (unpaired) electrons. The van der Waals surface area contributed by atoms with E-state index in [0.717, 1.165) is 6.42 Å². The quantitative estimate of drug-likeness (QED) is 0.374. The molecule has 0 aliphatic rings. The molecule has 6 nitrogen and oxygen atoms in total. The van der Waals surface area contributed by atoms with Gasteiger partial charge in [0, 0.05) is 11.3 Å². The van der Waals surface area contributed by atoms with Gasteiger partial charge in [0.15, 0.2) is 23.0 Å². The molecule has 32 heavy (non-hydrogen) atoms. The molecule has 3 aromatic rings. The highest BCUT2D eigenvalue weighted by atomic mass is 35.5. The van der Waals surface area contributed by atoms with E-state index in [9.17, 15) is 4.79 Å². The molecule has 1 amide bonds. The number of carbonyl (C=O) groups is 1. The highest BCUT2D eigenvalue weighted by Gasteiger charge is 2.16. The molecule has 0 atom stereocenters. The number of ether oxygens (including phenoxy) is 4. The molecule has 168 valence electrons. The van der Waals surface area contributed by atoms with Crippen LogP contribution < -0.4 is 24.3 Å². The van der Waals surface area contributed by atoms with Crippen molar-refractivity contribution < 1.29 is 23.7 Å². The number of rotatable bonds is 10. The van der Waals surface area contributed by atoms with E-state index in [1.165, 1.54) is 0 Å². The van der Waals surface area contributed by atoms with Crippen LogP contribution in [-0.2, 0) is 0 Å². The number of hydrogen-bond donors (Lipinski definition) is 1. The lowest BCUT2D eigenvalue weighted by Gasteiger charge is -2.15. The zero-order chi connectivity index (χ0) is 22.9. The normalized spacial score (nSPS) is 10.4. The van der Waals surface area contributed by atoms with Gasteiger partial charge in [-0.15, -0.1) is 0 Å². The van der Waals surface area contributed by atoms with Crippen LogP contribution in [0.25, 0.3) is 0 Å². The fourth-order valence-corrected chi connectivity index (χ4v) is 3.21. The molecular formula is C25H26ClNO5. The van der Waals surface area contributed by atoms with Gasteiger partial charge in [0.25, 0.3) is 5.91 Å². The van der Waals surface area contributed by atoms with Crippen LogP contribution in [-0.4, -0.2) is 26.2 Å². The summed E-state index contributed by atoms with van der Waals surface area (Å²) in [7, 11) is 1.59. The standard InChI is InChI=1S/C25H26ClNO5/c1-4-14-31-24-20(26)15-17(16-23(24)30-5-2)25(28)27-18-10-12-19(13-11-18)32-22-9-7-6-8-21(22)29-3/h6-13,15-16H,4-5,14H2,1-3H3,(H,27,28). The Morgan fingerprint density at radius 3 is 2.31 bits per heavy atom. The molecule has 0 heterocycles. The number of carbonyl (C=O) groups excluding carboxylic acids is 1. The van der Waals surface area contributed by atoms with Crippen molar-refractivity contribution in [2.75, 3.05) is 25.6 Å². The molecule has 3 rings (SSSR count). The molecule has 1 N–H and O–H groups in total. The van der Waals surface area contributed by atoms with E-state index in [0.29, 0.717) is 58.2 Å². The van der Waals surface area contributed by atoms with Crippen molar-refractivity contribution in [3.05, 3.63) is 71.2 Å². The highest BCUT2D eigenvalue weighted by Crippen LogP contribution is 2.37. The summed E-state index contributed by atoms with van der Waals surface area (Å²) in [5.41, 5.74) is 0.986. The highest BCUT2D eigenvalue weighted by molar-refractivity contribution is 6.32. The van der Waals surface area contributed by atoms with Crippen LogP contribution in [0.4, 0.5) is 5.69 Å². The first-order chi connectivity index (χ1) is 15.5. The Kier molecular flexibility index (Phi) is 8.22. The van der Waals surface area contributed by atoms with Crippen LogP contribution in [0.1, 0.15) is 30.6 Å². The molecule has 0 spiro atoms. The summed E-state index contributed by atoms with van der Waals surface area (Å²) in [6.07, 6.45) is 0.834. The van der Waals surface area contributed by atoms with Crippen LogP contribution >= 0.6 is 11.6 Å². The fraction of sp³-hybridized carbons (Fsp3) is 0.240. The van der Waals surface area contributed by atoms with Crippen molar-refractivity contribution in [1.29, 1.82) is 0 Å². The van der Waals surface area contributed by atoms with Crippen molar-refractivity contribution >= 4 is 23.2 Å². The molecule has 0 saturated heterocycles. The zero-order valence-corrected chi connectivity index (χ0v) is 19.1. The number of nitrogens with one attached hydrogen (secondary N) is 1. The number of para-hydroxylation sites is 2. The smallest absolute Gasteiger partial charge is 0.255 e. The number of hydrogen-bond acceptors (Lipinski definition) is 5. The van der Waals surface area contributed by atoms with Gasteiger partial charge >= 0.3 is 0 Å². The Morgan fingerprint density at radius 1 is 0.938 bits per heavy atom. The van der Waals surface area contributed by atoms with Crippen LogP contribution in [0, 0.1) is 0 Å². The van der Waals surface area contributed by atoms with Gasteiger partial charge in [0.1, 0.15) is 5.75 Å². The van der Waals surface area contributed by atoms with E-state index >= 15 is 0 Å². The van der Waals surface area contributed by atoms with Crippen LogP contribution in [0.15, 0.2) is 60.7 Å². The average molecular weight is 456 g/mol. The number of amides is 1. The predicted octanol–water partition coefficient (Wildman–Crippen LogP) is 6.58. The van der Waals surface area contributed by atoms with E-state index in [-0.39, 0.29) is 5.91 Å². The Balaban J connectivity index is 1.72. The minimum Gasteiger partial charge on any atom is -0.493 e. The fourth-order valence-electron chi connectivity index (χ4n) is 2.95. The van der Waals surface area contributed by atoms with Gasteiger partial charge in [-0.3, -0.25) is 4.79 Å². The summed E-state index contributed by atoms with van der Waals surface area (Å²) >= 11 is 6.36. The van der Waals surface area contributed by atoms with Gasteiger partial charge in [0.2, 0.25) is 0 Å². The van der Waals surface area contributed by atoms with Crippen LogP contribution in [0.3, 0.4) is 0 Å². The molecule has 0 aliphatic heterocycles. The Morgan fingerprint density at radius 2 is 1.66 bits per heavy atom. The molecule has 0 fully saturated rings. The van der Waals surface area contributed by atoms with Gasteiger partial charge in [-0.1, -0.05) is 30.7 Å². The number of benzene rings is 3. The molecule has 0 unspecified atom stereocenters. The van der Waals surface area contributed by atoms with E-state index in [1.807, 2.05) is 38.1 Å². The van der Waals surface area contributed by atoms with Crippen LogP contribution in [0.5, 0.6) is 28.7 Å². The Bertz CT molecular complexity index is 1050. The maximum absolute atomic E-state index is 12.8. The lowest BCUT2D eigenvalue weighted by atomic mass is 10.1. The minimum atomic E-state index is -0.312. The third kappa shape index (κ3) is 5.86. The molecule has 3 aromatic carbocycles. The van der Waals surface area contributed by atoms with Crippen molar-refractivity contribution in [3.8, 4) is 28.7 Å². The third-order valence-corrected chi connectivity index (χ3v) is 4.71. The number of halogens is 1. The van der Waals surface area contributed by atoms with Gasteiger partial charge < -0.3 is 24.3 Å². The van der Waals surface area contributed by atoms with Crippen molar-refractivity contribution in [2.24, 2.45) is 0 Å². The monoisotopic (exact) mass is 455 g/mol. The lowest BCUT2D eigenvalue weighted by molar-refractivity contribution is 0.102. The Hall–Kier alpha value is -3.38. The zero-order valence-electron chi connectivity index (χ0n) is 18.3. The molecule has 0 aromatic heterocycles. The second kappa shape index (κ2) is 11.3. The second-order valence-corrected chi connectivity index (χ2v) is 7.21. The van der Waals surface area contributed by atoms with Crippen molar-refractivity contribution in [3.63, 3.8) is 0 Å². The van der Waals surface area contributed by atoms with E-state index < -0.39 is 0 Å². The number of anilines is 1.